The van der Waals surface area contributed by atoms with Crippen LogP contribution in [0, 0.1) is 0 Å². The molecule has 0 saturated carbocycles. The quantitative estimate of drug-likeness (QED) is 0.648. The highest BCUT2D eigenvalue weighted by Crippen LogP contribution is 2.13. The maximum atomic E-state index is 9.66. The van der Waals surface area contributed by atoms with E-state index in [1.807, 2.05) is 0 Å². The summed E-state index contributed by atoms with van der Waals surface area (Å²) in [5, 5.41) is 9.66. The van der Waals surface area contributed by atoms with Crippen molar-refractivity contribution >= 4 is 0 Å². The molecule has 0 amide bonds. The van der Waals surface area contributed by atoms with E-state index in [1.54, 1.807) is 0 Å². The fourth-order valence-electron chi connectivity index (χ4n) is 1.69. The molecule has 4 heteroatoms. The van der Waals surface area contributed by atoms with Gasteiger partial charge in [-0.2, -0.15) is 0 Å². The van der Waals surface area contributed by atoms with Crippen molar-refractivity contribution < 1.29 is 9.84 Å². The van der Waals surface area contributed by atoms with Gasteiger partial charge in [-0.05, 0) is 20.0 Å². The molecule has 3 atom stereocenters. The van der Waals surface area contributed by atoms with Crippen LogP contribution in [0.25, 0.3) is 0 Å². The Kier molecular flexibility index (Phi) is 4.81. The van der Waals surface area contributed by atoms with Crippen molar-refractivity contribution in [3.63, 3.8) is 0 Å². The number of rotatable bonds is 5. The third-order valence-corrected chi connectivity index (χ3v) is 2.71. The number of likely N-dealkylation sites (N-methyl/N-ethyl adjacent to an activating group) is 1. The average molecular weight is 202 g/mol. The highest BCUT2D eigenvalue weighted by molar-refractivity contribution is 4.87. The van der Waals surface area contributed by atoms with E-state index < -0.39 is 6.10 Å². The Labute approximate surface area is 86.0 Å². The Morgan fingerprint density at radius 1 is 1.57 bits per heavy atom. The van der Waals surface area contributed by atoms with E-state index in [2.05, 4.69) is 18.9 Å². The van der Waals surface area contributed by atoms with Crippen LogP contribution >= 0.6 is 0 Å². The first-order valence-corrected chi connectivity index (χ1v) is 5.39. The van der Waals surface area contributed by atoms with Crippen molar-refractivity contribution in [2.45, 2.75) is 38.0 Å². The van der Waals surface area contributed by atoms with Gasteiger partial charge in [0.15, 0.2) is 0 Å². The van der Waals surface area contributed by atoms with Gasteiger partial charge in [-0.25, -0.2) is 0 Å². The first kappa shape index (κ1) is 11.9. The molecule has 1 fully saturated rings. The lowest BCUT2D eigenvalue weighted by atomic mass is 10.1. The molecule has 1 saturated heterocycles. The zero-order valence-corrected chi connectivity index (χ0v) is 9.15. The van der Waals surface area contributed by atoms with Gasteiger partial charge in [-0.15, -0.1) is 0 Å². The number of nitrogens with zero attached hydrogens (tertiary/aromatic N) is 1. The second-order valence-electron chi connectivity index (χ2n) is 4.14. The van der Waals surface area contributed by atoms with Gasteiger partial charge in [0.2, 0.25) is 0 Å². The topological polar surface area (TPSA) is 58.7 Å². The van der Waals surface area contributed by atoms with Gasteiger partial charge in [0, 0.05) is 6.54 Å². The number of hydrogen-bond acceptors (Lipinski definition) is 4. The second-order valence-corrected chi connectivity index (χ2v) is 4.14. The SMILES string of the molecule is CCCCN(C)C[C@@H]1OC[C@H](N)[C@H]1O. The molecule has 0 aromatic heterocycles. The number of hydrogen-bond donors (Lipinski definition) is 2. The van der Waals surface area contributed by atoms with Crippen LogP contribution in [0.4, 0.5) is 0 Å². The highest BCUT2D eigenvalue weighted by Gasteiger charge is 2.33. The number of unbranched alkanes of at least 4 members (excludes halogenated alkanes) is 1. The fourth-order valence-corrected chi connectivity index (χ4v) is 1.69. The molecule has 1 aliphatic heterocycles. The predicted octanol–water partition coefficient (Wildman–Crippen LogP) is -0.195. The Balaban J connectivity index is 2.23. The third kappa shape index (κ3) is 3.20. The van der Waals surface area contributed by atoms with Crippen LogP contribution in [-0.4, -0.2) is 55.0 Å². The molecule has 3 N–H and O–H groups in total. The van der Waals surface area contributed by atoms with Gasteiger partial charge in [0.25, 0.3) is 0 Å². The van der Waals surface area contributed by atoms with Crippen molar-refractivity contribution in [2.75, 3.05) is 26.7 Å². The summed E-state index contributed by atoms with van der Waals surface area (Å²) >= 11 is 0. The Hall–Kier alpha value is -0.160. The average Bonchev–Trinajstić information content (AvgIpc) is 2.46. The maximum Gasteiger partial charge on any atom is 0.0987 e. The van der Waals surface area contributed by atoms with Crippen LogP contribution in [0.2, 0.25) is 0 Å². The molecule has 0 aliphatic carbocycles. The minimum atomic E-state index is -0.501. The summed E-state index contributed by atoms with van der Waals surface area (Å²) in [6.07, 6.45) is 1.77. The monoisotopic (exact) mass is 202 g/mol. The summed E-state index contributed by atoms with van der Waals surface area (Å²) in [5.74, 6) is 0. The minimum absolute atomic E-state index is 0.105. The van der Waals surface area contributed by atoms with Gasteiger partial charge >= 0.3 is 0 Å². The number of aliphatic hydroxyl groups is 1. The maximum absolute atomic E-state index is 9.66. The van der Waals surface area contributed by atoms with Crippen LogP contribution in [0.5, 0.6) is 0 Å². The molecule has 14 heavy (non-hydrogen) atoms. The normalized spacial score (nSPS) is 32.8. The summed E-state index contributed by atoms with van der Waals surface area (Å²) in [5.41, 5.74) is 5.65. The van der Waals surface area contributed by atoms with Crippen LogP contribution in [-0.2, 0) is 4.74 Å². The first-order valence-electron chi connectivity index (χ1n) is 5.39. The number of aliphatic hydroxyl groups excluding tert-OH is 1. The lowest BCUT2D eigenvalue weighted by molar-refractivity contribution is 0.0206. The molecule has 0 aromatic carbocycles. The van der Waals surface area contributed by atoms with Gasteiger partial charge in [0.1, 0.15) is 0 Å². The molecular formula is C10H22N2O2. The molecule has 0 unspecified atom stereocenters. The summed E-state index contributed by atoms with van der Waals surface area (Å²) < 4.78 is 5.41. The Bertz CT molecular complexity index is 166. The molecular weight excluding hydrogens is 180 g/mol. The predicted molar refractivity (Wildman–Crippen MR) is 56.1 cm³/mol. The Morgan fingerprint density at radius 2 is 2.29 bits per heavy atom. The molecule has 1 heterocycles. The summed E-state index contributed by atoms with van der Waals surface area (Å²) in [6, 6.07) is -0.209. The van der Waals surface area contributed by atoms with Crippen molar-refractivity contribution in [2.24, 2.45) is 5.73 Å². The zero-order chi connectivity index (χ0) is 10.6. The number of ether oxygens (including phenoxy) is 1. The van der Waals surface area contributed by atoms with E-state index in [0.717, 1.165) is 13.1 Å². The van der Waals surface area contributed by atoms with Crippen molar-refractivity contribution in [3.05, 3.63) is 0 Å². The molecule has 0 aromatic rings. The lowest BCUT2D eigenvalue weighted by Crippen LogP contribution is -2.41. The van der Waals surface area contributed by atoms with Gasteiger partial charge in [-0.3, -0.25) is 0 Å². The molecule has 84 valence electrons. The van der Waals surface area contributed by atoms with E-state index in [9.17, 15) is 5.11 Å². The third-order valence-electron chi connectivity index (χ3n) is 2.71. The molecule has 0 spiro atoms. The van der Waals surface area contributed by atoms with Gasteiger partial charge < -0.3 is 20.5 Å². The van der Waals surface area contributed by atoms with E-state index in [4.69, 9.17) is 10.5 Å². The van der Waals surface area contributed by atoms with E-state index in [0.29, 0.717) is 6.61 Å². The van der Waals surface area contributed by atoms with E-state index >= 15 is 0 Å². The van der Waals surface area contributed by atoms with Crippen LogP contribution in [0.15, 0.2) is 0 Å². The zero-order valence-electron chi connectivity index (χ0n) is 9.15. The summed E-state index contributed by atoms with van der Waals surface area (Å²) in [7, 11) is 2.05. The molecule has 1 aliphatic rings. The summed E-state index contributed by atoms with van der Waals surface area (Å²) in [6.45, 7) is 4.48. The largest absolute Gasteiger partial charge is 0.389 e. The molecule has 0 radical (unpaired) electrons. The molecule has 4 nitrogen and oxygen atoms in total. The Morgan fingerprint density at radius 3 is 2.79 bits per heavy atom. The van der Waals surface area contributed by atoms with E-state index in [-0.39, 0.29) is 12.1 Å². The highest BCUT2D eigenvalue weighted by atomic mass is 16.5. The van der Waals surface area contributed by atoms with Crippen molar-refractivity contribution in [3.8, 4) is 0 Å². The van der Waals surface area contributed by atoms with Crippen LogP contribution in [0.3, 0.4) is 0 Å². The van der Waals surface area contributed by atoms with Crippen molar-refractivity contribution in [1.29, 1.82) is 0 Å². The van der Waals surface area contributed by atoms with Crippen molar-refractivity contribution in [1.82, 2.24) is 4.90 Å². The standard InChI is InChI=1S/C10H22N2O2/c1-3-4-5-12(2)6-9-10(13)8(11)7-14-9/h8-10,13H,3-7,11H2,1-2H3/t8-,9-,10+/m0/s1. The van der Waals surface area contributed by atoms with Crippen LogP contribution in [0.1, 0.15) is 19.8 Å². The minimum Gasteiger partial charge on any atom is -0.389 e. The van der Waals surface area contributed by atoms with Gasteiger partial charge in [0.05, 0.1) is 24.9 Å². The lowest BCUT2D eigenvalue weighted by Gasteiger charge is -2.22. The first-order chi connectivity index (χ1) is 6.65. The fraction of sp³-hybridized carbons (Fsp3) is 1.00. The van der Waals surface area contributed by atoms with E-state index in [1.165, 1.54) is 12.8 Å². The summed E-state index contributed by atoms with van der Waals surface area (Å²) in [4.78, 5) is 2.19. The molecule has 1 rings (SSSR count). The second kappa shape index (κ2) is 5.66. The number of nitrogens with two attached hydrogens (primary N) is 1. The smallest absolute Gasteiger partial charge is 0.0987 e. The van der Waals surface area contributed by atoms with Crippen LogP contribution < -0.4 is 5.73 Å². The van der Waals surface area contributed by atoms with Gasteiger partial charge in [-0.1, -0.05) is 13.3 Å². The molecule has 0 bridgehead atoms.